The van der Waals surface area contributed by atoms with Crippen molar-refractivity contribution < 1.29 is 0 Å². The molecule has 0 aliphatic rings. The van der Waals surface area contributed by atoms with Gasteiger partial charge in [-0.05, 0) is 31.9 Å². The van der Waals surface area contributed by atoms with E-state index < -0.39 is 0 Å². The lowest BCUT2D eigenvalue weighted by molar-refractivity contribution is 0.491. The highest BCUT2D eigenvalue weighted by Crippen LogP contribution is 2.19. The first-order valence-electron chi connectivity index (χ1n) is 7.63. The van der Waals surface area contributed by atoms with Gasteiger partial charge < -0.3 is 9.88 Å². The summed E-state index contributed by atoms with van der Waals surface area (Å²) in [5.41, 5.74) is 1.38. The van der Waals surface area contributed by atoms with Gasteiger partial charge in [0.15, 0.2) is 0 Å². The molecule has 0 radical (unpaired) electrons. The van der Waals surface area contributed by atoms with Crippen LogP contribution in [0.15, 0.2) is 42.7 Å². The fourth-order valence-electron chi connectivity index (χ4n) is 2.64. The topological polar surface area (TPSA) is 29.9 Å². The molecule has 1 N–H and O–H groups in total. The van der Waals surface area contributed by atoms with Gasteiger partial charge in [-0.2, -0.15) is 0 Å². The van der Waals surface area contributed by atoms with Crippen LogP contribution in [0.1, 0.15) is 44.1 Å². The number of nitrogens with zero attached hydrogens (tertiary/aromatic N) is 2. The normalized spacial score (nSPS) is 12.5. The van der Waals surface area contributed by atoms with Crippen LogP contribution in [-0.2, 0) is 13.0 Å². The average molecular weight is 271 g/mol. The quantitative estimate of drug-likeness (QED) is 0.795. The van der Waals surface area contributed by atoms with Crippen molar-refractivity contribution in [2.75, 3.05) is 6.54 Å². The molecule has 1 aromatic carbocycles. The Hall–Kier alpha value is -1.61. The molecule has 108 valence electrons. The number of aryl methyl sites for hydroxylation is 2. The SMILES string of the molecule is CCNC(CCCc1nccn1CC)c1ccccc1. The molecular weight excluding hydrogens is 246 g/mol. The maximum Gasteiger partial charge on any atom is 0.108 e. The highest BCUT2D eigenvalue weighted by Gasteiger charge is 2.10. The van der Waals surface area contributed by atoms with Crippen molar-refractivity contribution in [3.05, 3.63) is 54.1 Å². The van der Waals surface area contributed by atoms with Crippen LogP contribution in [0, 0.1) is 0 Å². The van der Waals surface area contributed by atoms with Crippen LogP contribution in [-0.4, -0.2) is 16.1 Å². The summed E-state index contributed by atoms with van der Waals surface area (Å²) >= 11 is 0. The maximum atomic E-state index is 4.45. The lowest BCUT2D eigenvalue weighted by Gasteiger charge is -2.18. The van der Waals surface area contributed by atoms with E-state index in [2.05, 4.69) is 65.2 Å². The lowest BCUT2D eigenvalue weighted by Crippen LogP contribution is -2.21. The minimum atomic E-state index is 0.450. The summed E-state index contributed by atoms with van der Waals surface area (Å²) in [6.45, 7) is 6.34. The number of imidazole rings is 1. The Kier molecular flexibility index (Phi) is 5.81. The minimum absolute atomic E-state index is 0.450. The van der Waals surface area contributed by atoms with Crippen molar-refractivity contribution >= 4 is 0 Å². The summed E-state index contributed by atoms with van der Waals surface area (Å²) in [5.74, 6) is 1.20. The fraction of sp³-hybridized carbons (Fsp3) is 0.471. The largest absolute Gasteiger partial charge is 0.335 e. The molecule has 1 unspecified atom stereocenters. The molecule has 3 heteroatoms. The highest BCUT2D eigenvalue weighted by molar-refractivity contribution is 5.18. The molecular formula is C17H25N3. The summed E-state index contributed by atoms with van der Waals surface area (Å²) in [5, 5.41) is 3.58. The molecule has 0 saturated heterocycles. The summed E-state index contributed by atoms with van der Waals surface area (Å²) < 4.78 is 2.23. The van der Waals surface area contributed by atoms with Crippen LogP contribution in [0.4, 0.5) is 0 Å². The van der Waals surface area contributed by atoms with Gasteiger partial charge in [0.25, 0.3) is 0 Å². The number of hydrogen-bond acceptors (Lipinski definition) is 2. The van der Waals surface area contributed by atoms with Crippen LogP contribution in [0.25, 0.3) is 0 Å². The molecule has 0 bridgehead atoms. The molecule has 0 aliphatic heterocycles. The molecule has 0 fully saturated rings. The van der Waals surface area contributed by atoms with Crippen LogP contribution in [0.3, 0.4) is 0 Å². The van der Waals surface area contributed by atoms with E-state index in [4.69, 9.17) is 0 Å². The molecule has 2 rings (SSSR count). The maximum absolute atomic E-state index is 4.45. The van der Waals surface area contributed by atoms with E-state index in [1.165, 1.54) is 11.4 Å². The Morgan fingerprint density at radius 1 is 1.20 bits per heavy atom. The van der Waals surface area contributed by atoms with E-state index in [1.807, 2.05) is 6.20 Å². The second-order valence-corrected chi connectivity index (χ2v) is 5.04. The van der Waals surface area contributed by atoms with Gasteiger partial charge in [-0.3, -0.25) is 0 Å². The van der Waals surface area contributed by atoms with E-state index in [9.17, 15) is 0 Å². The second kappa shape index (κ2) is 7.85. The zero-order valence-electron chi connectivity index (χ0n) is 12.5. The molecule has 0 aliphatic carbocycles. The third-order valence-electron chi connectivity index (χ3n) is 3.69. The van der Waals surface area contributed by atoms with E-state index >= 15 is 0 Å². The number of nitrogens with one attached hydrogen (secondary N) is 1. The third kappa shape index (κ3) is 3.94. The molecule has 2 aromatic rings. The molecule has 1 atom stereocenters. The zero-order chi connectivity index (χ0) is 14.2. The smallest absolute Gasteiger partial charge is 0.108 e. The van der Waals surface area contributed by atoms with Crippen molar-refractivity contribution in [3.63, 3.8) is 0 Å². The molecule has 0 amide bonds. The van der Waals surface area contributed by atoms with Gasteiger partial charge in [-0.25, -0.2) is 4.98 Å². The van der Waals surface area contributed by atoms with Gasteiger partial charge >= 0.3 is 0 Å². The Labute approximate surface area is 122 Å². The van der Waals surface area contributed by atoms with E-state index in [-0.39, 0.29) is 0 Å². The van der Waals surface area contributed by atoms with Gasteiger partial charge in [0.1, 0.15) is 5.82 Å². The van der Waals surface area contributed by atoms with Gasteiger partial charge in [-0.15, -0.1) is 0 Å². The molecule has 0 saturated carbocycles. The molecule has 1 heterocycles. The van der Waals surface area contributed by atoms with Gasteiger partial charge in [0.05, 0.1) is 0 Å². The van der Waals surface area contributed by atoms with Crippen molar-refractivity contribution in [2.24, 2.45) is 0 Å². The van der Waals surface area contributed by atoms with Crippen molar-refractivity contribution in [2.45, 2.75) is 45.7 Å². The number of benzene rings is 1. The first-order valence-corrected chi connectivity index (χ1v) is 7.63. The summed E-state index contributed by atoms with van der Waals surface area (Å²) in [7, 11) is 0. The Morgan fingerprint density at radius 3 is 2.70 bits per heavy atom. The molecule has 1 aromatic heterocycles. The zero-order valence-corrected chi connectivity index (χ0v) is 12.5. The van der Waals surface area contributed by atoms with Crippen LogP contribution in [0.5, 0.6) is 0 Å². The Balaban J connectivity index is 1.90. The molecule has 0 spiro atoms. The summed E-state index contributed by atoms with van der Waals surface area (Å²) in [6.07, 6.45) is 7.32. The van der Waals surface area contributed by atoms with Crippen LogP contribution < -0.4 is 5.32 Å². The monoisotopic (exact) mass is 271 g/mol. The van der Waals surface area contributed by atoms with E-state index in [1.54, 1.807) is 0 Å². The minimum Gasteiger partial charge on any atom is -0.335 e. The standard InChI is InChI=1S/C17H25N3/c1-3-18-16(15-9-6-5-7-10-15)11-8-12-17-19-13-14-20(17)4-2/h5-7,9-10,13-14,16,18H,3-4,8,11-12H2,1-2H3. The average Bonchev–Trinajstić information content (AvgIpc) is 2.95. The lowest BCUT2D eigenvalue weighted by atomic mass is 10.0. The van der Waals surface area contributed by atoms with Gasteiger partial charge in [0.2, 0.25) is 0 Å². The van der Waals surface area contributed by atoms with Crippen LogP contribution in [0.2, 0.25) is 0 Å². The predicted octanol–water partition coefficient (Wildman–Crippen LogP) is 3.58. The Bertz CT molecular complexity index is 490. The van der Waals surface area contributed by atoms with Gasteiger partial charge in [0, 0.05) is 31.4 Å². The number of hydrogen-bond donors (Lipinski definition) is 1. The van der Waals surface area contributed by atoms with Crippen molar-refractivity contribution in [1.29, 1.82) is 0 Å². The molecule has 3 nitrogen and oxygen atoms in total. The number of rotatable bonds is 8. The fourth-order valence-corrected chi connectivity index (χ4v) is 2.64. The first kappa shape index (κ1) is 14.8. The van der Waals surface area contributed by atoms with Gasteiger partial charge in [-0.1, -0.05) is 37.3 Å². The Morgan fingerprint density at radius 2 is 2.00 bits per heavy atom. The van der Waals surface area contributed by atoms with Crippen LogP contribution >= 0.6 is 0 Å². The second-order valence-electron chi connectivity index (χ2n) is 5.04. The van der Waals surface area contributed by atoms with Crippen molar-refractivity contribution in [3.8, 4) is 0 Å². The number of aromatic nitrogens is 2. The first-order chi connectivity index (χ1) is 9.85. The third-order valence-corrected chi connectivity index (χ3v) is 3.69. The van der Waals surface area contributed by atoms with E-state index in [0.29, 0.717) is 6.04 Å². The van der Waals surface area contributed by atoms with E-state index in [0.717, 1.165) is 32.4 Å². The molecule has 20 heavy (non-hydrogen) atoms. The summed E-state index contributed by atoms with van der Waals surface area (Å²) in [6, 6.07) is 11.2. The highest BCUT2D eigenvalue weighted by atomic mass is 15.0. The predicted molar refractivity (Wildman–Crippen MR) is 83.7 cm³/mol. The summed E-state index contributed by atoms with van der Waals surface area (Å²) in [4.78, 5) is 4.45. The van der Waals surface area contributed by atoms with Crippen molar-refractivity contribution in [1.82, 2.24) is 14.9 Å².